The summed E-state index contributed by atoms with van der Waals surface area (Å²) in [5.41, 5.74) is 6.80. The second-order valence-corrected chi connectivity index (χ2v) is 6.81. The zero-order chi connectivity index (χ0) is 23.3. The highest BCUT2D eigenvalue weighted by Gasteiger charge is 2.32. The number of hydrogen-bond donors (Lipinski definition) is 4. The van der Waals surface area contributed by atoms with E-state index in [0.717, 1.165) is 17.7 Å². The van der Waals surface area contributed by atoms with Gasteiger partial charge in [0.25, 0.3) is 5.91 Å². The first-order valence-electron chi connectivity index (χ1n) is 9.31. The van der Waals surface area contributed by atoms with Crippen LogP contribution in [-0.2, 0) is 11.2 Å². The van der Waals surface area contributed by atoms with E-state index in [4.69, 9.17) is 10.2 Å². The Labute approximate surface area is 179 Å². The van der Waals surface area contributed by atoms with E-state index in [-0.39, 0.29) is 17.9 Å². The monoisotopic (exact) mass is 452 g/mol. The normalized spacial score (nSPS) is 14.4. The highest BCUT2D eigenvalue weighted by Crippen LogP contribution is 2.27. The van der Waals surface area contributed by atoms with E-state index in [1.807, 2.05) is 5.10 Å². The molecule has 32 heavy (non-hydrogen) atoms. The molecule has 0 saturated heterocycles. The average Bonchev–Trinajstić information content (AvgIpc) is 3.16. The molecule has 170 valence electrons. The van der Waals surface area contributed by atoms with Crippen LogP contribution in [0.25, 0.3) is 0 Å². The lowest BCUT2D eigenvalue weighted by Gasteiger charge is -2.22. The first-order valence-corrected chi connectivity index (χ1v) is 9.31. The van der Waals surface area contributed by atoms with Crippen molar-refractivity contribution in [3.8, 4) is 5.75 Å². The molecule has 3 aromatic rings. The Morgan fingerprint density at radius 2 is 1.94 bits per heavy atom. The number of halogens is 3. The second-order valence-electron chi connectivity index (χ2n) is 6.81. The molecule has 0 aliphatic heterocycles. The molecule has 0 aliphatic rings. The predicted molar refractivity (Wildman–Crippen MR) is 104 cm³/mol. The molecule has 0 unspecified atom stereocenters. The van der Waals surface area contributed by atoms with Gasteiger partial charge >= 0.3 is 12.1 Å². The van der Waals surface area contributed by atoms with E-state index < -0.39 is 42.0 Å². The molecule has 0 spiro atoms. The summed E-state index contributed by atoms with van der Waals surface area (Å²) in [5, 5.41) is 18.4. The molecule has 3 atom stereocenters. The number of aromatic nitrogens is 2. The van der Waals surface area contributed by atoms with Crippen molar-refractivity contribution in [2.75, 3.05) is 0 Å². The van der Waals surface area contributed by atoms with Crippen LogP contribution in [0.4, 0.5) is 13.2 Å². The minimum Gasteiger partial charge on any atom is -0.406 e. The maximum Gasteiger partial charge on any atom is 0.573 e. The van der Waals surface area contributed by atoms with Gasteiger partial charge in [0.1, 0.15) is 17.9 Å². The van der Waals surface area contributed by atoms with Gasteiger partial charge < -0.3 is 25.3 Å². The predicted octanol–water partition coefficient (Wildman–Crippen LogP) is 1.40. The Morgan fingerprint density at radius 1 is 1.22 bits per heavy atom. The fraction of sp³-hybridized carbons (Fsp3) is 0.250. The number of H-pyrrole nitrogens is 1. The van der Waals surface area contributed by atoms with Crippen LogP contribution >= 0.6 is 0 Å². The third-order valence-electron chi connectivity index (χ3n) is 4.40. The van der Waals surface area contributed by atoms with Gasteiger partial charge in [0.05, 0.1) is 0 Å². The minimum atomic E-state index is -4.93. The molecule has 1 aromatic heterocycles. The number of benzene rings is 2. The minimum absolute atomic E-state index is 0.0548. The number of ether oxygens (including phenoxy) is 1. The zero-order valence-electron chi connectivity index (χ0n) is 16.4. The van der Waals surface area contributed by atoms with Crippen LogP contribution in [0.2, 0.25) is 0 Å². The molecule has 0 radical (unpaired) electrons. The second kappa shape index (κ2) is 9.66. The maximum absolute atomic E-state index is 12.6. The van der Waals surface area contributed by atoms with Gasteiger partial charge in [0, 0.05) is 6.04 Å². The quantitative estimate of drug-likeness (QED) is 0.404. The Hall–Kier alpha value is -3.64. The van der Waals surface area contributed by atoms with E-state index in [9.17, 15) is 27.9 Å². The van der Waals surface area contributed by atoms with Gasteiger partial charge in [-0.15, -0.1) is 18.3 Å². The van der Waals surface area contributed by atoms with Crippen molar-refractivity contribution in [1.82, 2.24) is 15.5 Å². The highest BCUT2D eigenvalue weighted by atomic mass is 19.4. The molecule has 5 N–H and O–H groups in total. The number of carbonyl (C=O) groups excluding carboxylic acids is 1. The molecule has 0 fully saturated rings. The molecule has 3 rings (SSSR count). The third kappa shape index (κ3) is 6.18. The molecular formula is C20H19F3N4O5. The summed E-state index contributed by atoms with van der Waals surface area (Å²) < 4.78 is 46.5. The molecule has 1 heterocycles. The molecule has 9 nitrogen and oxygen atoms in total. The van der Waals surface area contributed by atoms with E-state index >= 15 is 0 Å². The highest BCUT2D eigenvalue weighted by molar-refractivity contribution is 5.82. The molecule has 0 saturated carbocycles. The van der Waals surface area contributed by atoms with Gasteiger partial charge in [0.15, 0.2) is 0 Å². The van der Waals surface area contributed by atoms with Gasteiger partial charge in [-0.25, -0.2) is 9.89 Å². The van der Waals surface area contributed by atoms with Crippen LogP contribution in [0.3, 0.4) is 0 Å². The first-order chi connectivity index (χ1) is 15.1. The van der Waals surface area contributed by atoms with Gasteiger partial charge in [-0.3, -0.25) is 4.79 Å². The summed E-state index contributed by atoms with van der Waals surface area (Å²) in [7, 11) is 0. The van der Waals surface area contributed by atoms with E-state index in [2.05, 4.69) is 15.2 Å². The first kappa shape index (κ1) is 23.0. The molecule has 1 amide bonds. The molecule has 0 bridgehead atoms. The number of aromatic amines is 1. The van der Waals surface area contributed by atoms with Crippen molar-refractivity contribution in [1.29, 1.82) is 0 Å². The van der Waals surface area contributed by atoms with Gasteiger partial charge in [-0.2, -0.15) is 0 Å². The standard InChI is InChI=1S/C20H19F3N4O5/c21-20(22,23)32-13-8-4-7-12(10-13)15(18-26-27-19(30)31-18)25-17(29)16(28)14(24)9-11-5-2-1-3-6-11/h1-8,10,14-16,28H,9,24H2,(H,25,29)(H,27,30)/t14-,15-,16+/m1/s1. The summed E-state index contributed by atoms with van der Waals surface area (Å²) in [4.78, 5) is 24.0. The number of carbonyl (C=O) groups is 1. The molecular weight excluding hydrogens is 433 g/mol. The fourth-order valence-corrected chi connectivity index (χ4v) is 2.96. The Morgan fingerprint density at radius 3 is 2.56 bits per heavy atom. The Balaban J connectivity index is 1.81. The van der Waals surface area contributed by atoms with Gasteiger partial charge in [0.2, 0.25) is 5.89 Å². The number of aliphatic hydroxyl groups is 1. The zero-order valence-corrected chi connectivity index (χ0v) is 16.4. The van der Waals surface area contributed by atoms with E-state index in [1.54, 1.807) is 30.3 Å². The number of nitrogens with zero attached hydrogens (tertiary/aromatic N) is 1. The summed E-state index contributed by atoms with van der Waals surface area (Å²) >= 11 is 0. The number of aliphatic hydroxyl groups excluding tert-OH is 1. The van der Waals surface area contributed by atoms with Gasteiger partial charge in [-0.05, 0) is 29.7 Å². The number of nitrogens with two attached hydrogens (primary N) is 1. The molecule has 2 aromatic carbocycles. The van der Waals surface area contributed by atoms with Crippen molar-refractivity contribution in [3.63, 3.8) is 0 Å². The summed E-state index contributed by atoms with van der Waals surface area (Å²) in [6.07, 6.45) is -6.42. The number of rotatable bonds is 8. The maximum atomic E-state index is 12.6. The third-order valence-corrected chi connectivity index (χ3v) is 4.40. The lowest BCUT2D eigenvalue weighted by atomic mass is 10.0. The van der Waals surface area contributed by atoms with Crippen LogP contribution in [0, 0.1) is 0 Å². The fourth-order valence-electron chi connectivity index (χ4n) is 2.96. The number of hydrogen-bond acceptors (Lipinski definition) is 7. The summed E-state index contributed by atoms with van der Waals surface area (Å²) in [6, 6.07) is 11.3. The summed E-state index contributed by atoms with van der Waals surface area (Å²) in [6.45, 7) is 0. The average molecular weight is 452 g/mol. The number of amides is 1. The van der Waals surface area contributed by atoms with E-state index in [1.165, 1.54) is 12.1 Å². The lowest BCUT2D eigenvalue weighted by molar-refractivity contribution is -0.274. The van der Waals surface area contributed by atoms with Crippen LogP contribution in [-0.4, -0.2) is 39.7 Å². The lowest BCUT2D eigenvalue weighted by Crippen LogP contribution is -2.48. The van der Waals surface area contributed by atoms with Crippen molar-refractivity contribution in [3.05, 3.63) is 82.2 Å². The van der Waals surface area contributed by atoms with Crippen molar-refractivity contribution in [2.45, 2.75) is 31.0 Å². The van der Waals surface area contributed by atoms with Crippen LogP contribution in [0.15, 0.2) is 63.8 Å². The Kier molecular flexibility index (Phi) is 6.95. The van der Waals surface area contributed by atoms with E-state index in [0.29, 0.717) is 0 Å². The van der Waals surface area contributed by atoms with Crippen molar-refractivity contribution >= 4 is 5.91 Å². The van der Waals surface area contributed by atoms with Crippen molar-refractivity contribution < 1.29 is 32.2 Å². The summed E-state index contributed by atoms with van der Waals surface area (Å²) in [5.74, 6) is -2.78. The Bertz CT molecular complexity index is 1100. The smallest absolute Gasteiger partial charge is 0.406 e. The number of alkyl halides is 3. The number of nitrogens with one attached hydrogen (secondary N) is 2. The molecule has 12 heteroatoms. The largest absolute Gasteiger partial charge is 0.573 e. The SMILES string of the molecule is N[C@H](Cc1ccccc1)[C@H](O)C(=O)N[C@H](c1cccc(OC(F)(F)F)c1)c1n[nH]c(=O)o1. The van der Waals surface area contributed by atoms with Crippen LogP contribution < -0.4 is 21.5 Å². The topological polar surface area (TPSA) is 143 Å². The van der Waals surface area contributed by atoms with Crippen molar-refractivity contribution in [2.24, 2.45) is 5.73 Å². The molecule has 0 aliphatic carbocycles. The van der Waals surface area contributed by atoms with Crippen LogP contribution in [0.1, 0.15) is 23.1 Å². The van der Waals surface area contributed by atoms with Crippen LogP contribution in [0.5, 0.6) is 5.75 Å². The van der Waals surface area contributed by atoms with Gasteiger partial charge in [-0.1, -0.05) is 42.5 Å².